The van der Waals surface area contributed by atoms with Crippen molar-refractivity contribution in [2.75, 3.05) is 11.9 Å². The van der Waals surface area contributed by atoms with Gasteiger partial charge in [0.2, 0.25) is 5.95 Å². The van der Waals surface area contributed by atoms with Gasteiger partial charge in [0.05, 0.1) is 0 Å². The molecule has 1 N–H and O–H groups in total. The molecule has 1 aromatic carbocycles. The van der Waals surface area contributed by atoms with Crippen molar-refractivity contribution in [2.45, 2.75) is 19.9 Å². The lowest BCUT2D eigenvalue weighted by molar-refractivity contribution is 0.627. The molecule has 3 nitrogen and oxygen atoms in total. The summed E-state index contributed by atoms with van der Waals surface area (Å²) < 4.78 is 14.7. The smallest absolute Gasteiger partial charge is 0.202 e. The van der Waals surface area contributed by atoms with Crippen molar-refractivity contribution >= 4 is 5.95 Å². The van der Waals surface area contributed by atoms with Gasteiger partial charge in [-0.3, -0.25) is 0 Å². The third kappa shape index (κ3) is 3.06. The van der Waals surface area contributed by atoms with Crippen LogP contribution in [0.1, 0.15) is 12.5 Å². The number of benzene rings is 1. The highest BCUT2D eigenvalue weighted by Crippen LogP contribution is 2.06. The lowest BCUT2D eigenvalue weighted by atomic mass is 10.1. The molecule has 0 radical (unpaired) electrons. The lowest BCUT2D eigenvalue weighted by Crippen LogP contribution is -2.09. The fourth-order valence-electron chi connectivity index (χ4n) is 1.70. The summed E-state index contributed by atoms with van der Waals surface area (Å²) in [5.74, 6) is 0.692. The van der Waals surface area contributed by atoms with Crippen LogP contribution in [0.3, 0.4) is 0 Å². The Balaban J connectivity index is 1.85. The maximum atomic E-state index is 12.7. The first-order valence-electron chi connectivity index (χ1n) is 5.79. The molecule has 1 aromatic heterocycles. The summed E-state index contributed by atoms with van der Waals surface area (Å²) >= 11 is 0. The van der Waals surface area contributed by atoms with E-state index in [9.17, 15) is 4.39 Å². The van der Waals surface area contributed by atoms with Gasteiger partial charge in [-0.05, 0) is 31.0 Å². The molecule has 2 aromatic rings. The summed E-state index contributed by atoms with van der Waals surface area (Å²) in [5, 5.41) is 3.27. The highest BCUT2D eigenvalue weighted by atomic mass is 19.1. The van der Waals surface area contributed by atoms with Crippen molar-refractivity contribution in [3.8, 4) is 0 Å². The van der Waals surface area contributed by atoms with Gasteiger partial charge in [0, 0.05) is 25.5 Å². The highest BCUT2D eigenvalue weighted by Gasteiger charge is 1.99. The van der Waals surface area contributed by atoms with Gasteiger partial charge < -0.3 is 9.88 Å². The van der Waals surface area contributed by atoms with Crippen molar-refractivity contribution < 1.29 is 4.39 Å². The van der Waals surface area contributed by atoms with E-state index in [0.29, 0.717) is 0 Å². The first-order valence-corrected chi connectivity index (χ1v) is 5.79. The van der Waals surface area contributed by atoms with Crippen LogP contribution < -0.4 is 5.32 Å². The molecule has 4 heteroatoms. The van der Waals surface area contributed by atoms with Crippen LogP contribution in [0.2, 0.25) is 0 Å². The number of halogens is 1. The molecule has 0 saturated heterocycles. The molecule has 0 saturated carbocycles. The van der Waals surface area contributed by atoms with Gasteiger partial charge in [-0.2, -0.15) is 0 Å². The van der Waals surface area contributed by atoms with E-state index in [1.165, 1.54) is 12.1 Å². The van der Waals surface area contributed by atoms with Gasteiger partial charge in [0.15, 0.2) is 0 Å². The van der Waals surface area contributed by atoms with Crippen LogP contribution in [-0.4, -0.2) is 16.1 Å². The van der Waals surface area contributed by atoms with Crippen molar-refractivity contribution in [3.63, 3.8) is 0 Å². The quantitative estimate of drug-likeness (QED) is 0.860. The Morgan fingerprint density at radius 3 is 2.76 bits per heavy atom. The van der Waals surface area contributed by atoms with Gasteiger partial charge in [-0.15, -0.1) is 0 Å². The van der Waals surface area contributed by atoms with Gasteiger partial charge in [-0.25, -0.2) is 9.37 Å². The minimum atomic E-state index is -0.191. The van der Waals surface area contributed by atoms with Crippen LogP contribution in [0.4, 0.5) is 10.3 Å². The first kappa shape index (κ1) is 11.6. The van der Waals surface area contributed by atoms with Crippen molar-refractivity contribution in [3.05, 3.63) is 48.0 Å². The predicted molar refractivity (Wildman–Crippen MR) is 66.5 cm³/mol. The molecule has 0 atom stereocenters. The number of nitrogens with one attached hydrogen (secondary N) is 1. The molecular formula is C13H16FN3. The van der Waals surface area contributed by atoms with Crippen LogP contribution in [0.15, 0.2) is 36.7 Å². The third-order valence-corrected chi connectivity index (χ3v) is 2.67. The zero-order chi connectivity index (χ0) is 12.1. The van der Waals surface area contributed by atoms with Gasteiger partial charge in [0.1, 0.15) is 5.82 Å². The molecule has 17 heavy (non-hydrogen) atoms. The summed E-state index contributed by atoms with van der Waals surface area (Å²) in [5.41, 5.74) is 1.12. The maximum Gasteiger partial charge on any atom is 0.202 e. The molecule has 0 bridgehead atoms. The Morgan fingerprint density at radius 1 is 1.29 bits per heavy atom. The number of anilines is 1. The van der Waals surface area contributed by atoms with Crippen LogP contribution in [0, 0.1) is 5.82 Å². The molecule has 1 heterocycles. The summed E-state index contributed by atoms with van der Waals surface area (Å²) in [4.78, 5) is 4.22. The fraction of sp³-hybridized carbons (Fsp3) is 0.308. The van der Waals surface area contributed by atoms with Crippen molar-refractivity contribution in [1.29, 1.82) is 0 Å². The minimum absolute atomic E-state index is 0.191. The Labute approximate surface area is 100 Å². The monoisotopic (exact) mass is 233 g/mol. The van der Waals surface area contributed by atoms with E-state index >= 15 is 0 Å². The fourth-order valence-corrected chi connectivity index (χ4v) is 1.70. The van der Waals surface area contributed by atoms with E-state index in [0.717, 1.165) is 31.0 Å². The second-order valence-electron chi connectivity index (χ2n) is 3.84. The summed E-state index contributed by atoms with van der Waals surface area (Å²) in [6, 6.07) is 6.59. The Morgan fingerprint density at radius 2 is 2.06 bits per heavy atom. The number of hydrogen-bond acceptors (Lipinski definition) is 2. The standard InChI is InChI=1S/C13H16FN3/c1-2-17-10-9-16-13(17)15-8-7-11-3-5-12(14)6-4-11/h3-6,9-10H,2,7-8H2,1H3,(H,15,16). The lowest BCUT2D eigenvalue weighted by Gasteiger charge is -2.07. The highest BCUT2D eigenvalue weighted by molar-refractivity contribution is 5.26. The number of imidazole rings is 1. The Bertz CT molecular complexity index is 462. The molecule has 0 amide bonds. The van der Waals surface area contributed by atoms with Crippen molar-refractivity contribution in [2.24, 2.45) is 0 Å². The normalized spacial score (nSPS) is 10.5. The summed E-state index contributed by atoms with van der Waals surface area (Å²) in [6.07, 6.45) is 4.58. The number of hydrogen-bond donors (Lipinski definition) is 1. The van der Waals surface area contributed by atoms with Crippen molar-refractivity contribution in [1.82, 2.24) is 9.55 Å². The van der Waals surface area contributed by atoms with Gasteiger partial charge in [-0.1, -0.05) is 12.1 Å². The largest absolute Gasteiger partial charge is 0.355 e. The Hall–Kier alpha value is -1.84. The first-order chi connectivity index (χ1) is 8.29. The third-order valence-electron chi connectivity index (χ3n) is 2.67. The molecule has 0 aliphatic rings. The van der Waals surface area contributed by atoms with Crippen LogP contribution in [0.25, 0.3) is 0 Å². The molecule has 90 valence electrons. The molecular weight excluding hydrogens is 217 g/mol. The van der Waals surface area contributed by atoms with E-state index in [1.807, 2.05) is 22.9 Å². The molecule has 0 spiro atoms. The van der Waals surface area contributed by atoms with E-state index in [1.54, 1.807) is 6.20 Å². The zero-order valence-electron chi connectivity index (χ0n) is 9.86. The molecule has 0 unspecified atom stereocenters. The maximum absolute atomic E-state index is 12.7. The van der Waals surface area contributed by atoms with E-state index in [4.69, 9.17) is 0 Å². The van der Waals surface area contributed by atoms with Gasteiger partial charge in [0.25, 0.3) is 0 Å². The predicted octanol–water partition coefficient (Wildman–Crippen LogP) is 2.70. The van der Waals surface area contributed by atoms with Crippen LogP contribution in [0.5, 0.6) is 0 Å². The summed E-state index contributed by atoms with van der Waals surface area (Å²) in [7, 11) is 0. The molecule has 0 aliphatic heterocycles. The average molecular weight is 233 g/mol. The number of aromatic nitrogens is 2. The second-order valence-corrected chi connectivity index (χ2v) is 3.84. The van der Waals surface area contributed by atoms with Crippen LogP contribution in [-0.2, 0) is 13.0 Å². The summed E-state index contributed by atoms with van der Waals surface area (Å²) in [6.45, 7) is 3.77. The number of rotatable bonds is 5. The van der Waals surface area contributed by atoms with Gasteiger partial charge >= 0.3 is 0 Å². The minimum Gasteiger partial charge on any atom is -0.355 e. The van der Waals surface area contributed by atoms with E-state index < -0.39 is 0 Å². The average Bonchev–Trinajstić information content (AvgIpc) is 2.79. The SMILES string of the molecule is CCn1ccnc1NCCc1ccc(F)cc1. The van der Waals surface area contributed by atoms with Crippen LogP contribution >= 0.6 is 0 Å². The number of nitrogens with zero attached hydrogens (tertiary/aromatic N) is 2. The second kappa shape index (κ2) is 5.48. The van der Waals surface area contributed by atoms with E-state index in [2.05, 4.69) is 17.2 Å². The Kier molecular flexibility index (Phi) is 3.75. The molecule has 0 fully saturated rings. The topological polar surface area (TPSA) is 29.9 Å². The van der Waals surface area contributed by atoms with E-state index in [-0.39, 0.29) is 5.82 Å². The number of aryl methyl sites for hydroxylation is 1. The molecule has 2 rings (SSSR count). The zero-order valence-corrected chi connectivity index (χ0v) is 9.86. The molecule has 0 aliphatic carbocycles.